The van der Waals surface area contributed by atoms with Crippen molar-refractivity contribution in [2.75, 3.05) is 21.1 Å². The third kappa shape index (κ3) is 23.9. The molecule has 0 heterocycles. The molecule has 0 rings (SSSR count). The lowest BCUT2D eigenvalue weighted by Crippen LogP contribution is -2.44. The molecule has 4 heteroatoms. The lowest BCUT2D eigenvalue weighted by molar-refractivity contribution is -0.883. The van der Waals surface area contributed by atoms with Crippen LogP contribution in [0, 0.1) is 5.92 Å². The van der Waals surface area contributed by atoms with E-state index in [4.69, 9.17) is 0 Å². The van der Waals surface area contributed by atoms with Crippen molar-refractivity contribution >= 4 is 8.03 Å². The molecule has 0 amide bonds. The highest BCUT2D eigenvalue weighted by Crippen LogP contribution is 2.30. The van der Waals surface area contributed by atoms with E-state index in [-0.39, 0.29) is 5.78 Å². The summed E-state index contributed by atoms with van der Waals surface area (Å²) in [5.41, 5.74) is 0. The average Bonchev–Trinajstić information content (AvgIpc) is 2.79. The van der Waals surface area contributed by atoms with E-state index in [2.05, 4.69) is 26.0 Å². The third-order valence-electron chi connectivity index (χ3n) is 7.41. The lowest BCUT2D eigenvalue weighted by atomic mass is 10.0. The van der Waals surface area contributed by atoms with Crippen molar-refractivity contribution in [3.63, 3.8) is 0 Å². The van der Waals surface area contributed by atoms with E-state index in [1.807, 2.05) is 21.1 Å². The molecule has 0 fully saturated rings. The smallest absolute Gasteiger partial charge is 0.373 e. The summed E-state index contributed by atoms with van der Waals surface area (Å²) < 4.78 is 12.0. The van der Waals surface area contributed by atoms with Gasteiger partial charge in [-0.15, -0.1) is 0 Å². The highest BCUT2D eigenvalue weighted by atomic mass is 31.1. The summed E-state index contributed by atoms with van der Waals surface area (Å²) in [6.45, 7) is 4.43. The van der Waals surface area contributed by atoms with Crippen LogP contribution < -0.4 is 4.89 Å². The van der Waals surface area contributed by atoms with Crippen molar-refractivity contribution in [2.24, 2.45) is 5.92 Å². The molecule has 3 nitrogen and oxygen atoms in total. The molecule has 3 unspecified atom stereocenters. The van der Waals surface area contributed by atoms with E-state index in [1.165, 1.54) is 128 Å². The van der Waals surface area contributed by atoms with E-state index < -0.39 is 8.03 Å². The van der Waals surface area contributed by atoms with Gasteiger partial charge in [0.05, 0.1) is 27.6 Å². The standard InChI is InChI=1S/C31H63NO2P/c1-6-7-8-9-10-11-12-13-14-15-16-17-18-19-20-21-22-23-24-25-26-27-28-30(2)29-31(35(33)34)32(3,4)5/h27-28,30-31H,6-26,29H2,1-5H3/q+1/b28-27-. The maximum absolute atomic E-state index is 11.6. The van der Waals surface area contributed by atoms with Gasteiger partial charge in [0.1, 0.15) is 0 Å². The van der Waals surface area contributed by atoms with Crippen LogP contribution in [0.2, 0.25) is 0 Å². The van der Waals surface area contributed by atoms with Crippen LogP contribution in [0.15, 0.2) is 12.2 Å². The minimum atomic E-state index is -2.39. The minimum Gasteiger partial charge on any atom is -0.591 e. The van der Waals surface area contributed by atoms with Gasteiger partial charge in [0.15, 0.2) is 0 Å². The second-order valence-corrected chi connectivity index (χ2v) is 13.2. The molecule has 0 radical (unpaired) electrons. The van der Waals surface area contributed by atoms with Gasteiger partial charge in [-0.3, -0.25) is 4.48 Å². The molecule has 0 spiro atoms. The van der Waals surface area contributed by atoms with Crippen LogP contribution in [0.25, 0.3) is 0 Å². The first-order chi connectivity index (χ1) is 16.8. The summed E-state index contributed by atoms with van der Waals surface area (Å²) in [5, 5.41) is 0. The van der Waals surface area contributed by atoms with Crippen LogP contribution in [0.4, 0.5) is 0 Å². The predicted molar refractivity (Wildman–Crippen MR) is 155 cm³/mol. The fourth-order valence-corrected chi connectivity index (χ4v) is 6.01. The minimum absolute atomic E-state index is 0.302. The van der Waals surface area contributed by atoms with Crippen molar-refractivity contribution in [3.05, 3.63) is 12.2 Å². The number of rotatable bonds is 26. The number of hydrogen-bond acceptors (Lipinski definition) is 2. The van der Waals surface area contributed by atoms with Gasteiger partial charge in [0.25, 0.3) is 5.78 Å². The van der Waals surface area contributed by atoms with Gasteiger partial charge < -0.3 is 4.89 Å². The Morgan fingerprint density at radius 3 is 1.31 bits per heavy atom. The monoisotopic (exact) mass is 512 g/mol. The maximum atomic E-state index is 11.6. The Morgan fingerprint density at radius 2 is 1.00 bits per heavy atom. The molecule has 0 aromatic carbocycles. The zero-order valence-corrected chi connectivity index (χ0v) is 25.5. The number of quaternary nitrogens is 1. The molecular weight excluding hydrogens is 449 g/mol. The van der Waals surface area contributed by atoms with Crippen molar-refractivity contribution in [1.82, 2.24) is 0 Å². The van der Waals surface area contributed by atoms with Gasteiger partial charge in [-0.2, -0.15) is 0 Å². The first-order valence-corrected chi connectivity index (χ1v) is 16.6. The molecule has 0 aromatic rings. The highest BCUT2D eigenvalue weighted by molar-refractivity contribution is 7.37. The first-order valence-electron chi connectivity index (χ1n) is 15.4. The molecule has 0 aliphatic carbocycles. The van der Waals surface area contributed by atoms with Crippen LogP contribution in [-0.4, -0.2) is 31.4 Å². The largest absolute Gasteiger partial charge is 0.591 e. The summed E-state index contributed by atoms with van der Waals surface area (Å²) in [6.07, 6.45) is 34.7. The van der Waals surface area contributed by atoms with Gasteiger partial charge >= 0.3 is 8.03 Å². The number of hydrogen-bond donors (Lipinski definition) is 0. The van der Waals surface area contributed by atoms with Crippen LogP contribution in [-0.2, 0) is 4.57 Å². The molecule has 0 N–H and O–H groups in total. The number of unbranched alkanes of at least 4 members (excludes halogenated alkanes) is 20. The Bertz CT molecular complexity index is 501. The van der Waals surface area contributed by atoms with Crippen molar-refractivity contribution in [2.45, 2.75) is 161 Å². The topological polar surface area (TPSA) is 40.1 Å². The average molecular weight is 513 g/mol. The van der Waals surface area contributed by atoms with E-state index >= 15 is 0 Å². The quantitative estimate of drug-likeness (QED) is 0.0500. The number of nitrogens with zero attached hydrogens (tertiary/aromatic N) is 1. The van der Waals surface area contributed by atoms with E-state index in [0.29, 0.717) is 16.8 Å². The Labute approximate surface area is 222 Å². The Morgan fingerprint density at radius 1 is 0.657 bits per heavy atom. The molecule has 0 bridgehead atoms. The number of allylic oxidation sites excluding steroid dienone is 2. The summed E-state index contributed by atoms with van der Waals surface area (Å²) in [6, 6.07) is 0. The SMILES string of the molecule is CCCCCCCCCCCCCCCCCCCCCC/C=C\C(C)CC([P+](=O)[O-])[N+](C)(C)C. The molecule has 0 aliphatic rings. The van der Waals surface area contributed by atoms with E-state index in [9.17, 15) is 9.46 Å². The summed E-state index contributed by atoms with van der Waals surface area (Å²) >= 11 is 0. The third-order valence-corrected chi connectivity index (χ3v) is 8.80. The molecule has 0 saturated carbocycles. The summed E-state index contributed by atoms with van der Waals surface area (Å²) in [5.74, 6) is 0.0136. The van der Waals surface area contributed by atoms with Gasteiger partial charge in [0, 0.05) is 0 Å². The predicted octanol–water partition coefficient (Wildman–Crippen LogP) is 9.92. The van der Waals surface area contributed by atoms with Crippen LogP contribution >= 0.6 is 8.03 Å². The van der Waals surface area contributed by atoms with Crippen molar-refractivity contribution in [1.29, 1.82) is 0 Å². The van der Waals surface area contributed by atoms with Crippen LogP contribution in [0.1, 0.15) is 155 Å². The Balaban J connectivity index is 3.38. The fourth-order valence-electron chi connectivity index (χ4n) is 4.94. The zero-order valence-electron chi connectivity index (χ0n) is 24.6. The van der Waals surface area contributed by atoms with Gasteiger partial charge in [-0.1, -0.05) is 153 Å². The second-order valence-electron chi connectivity index (χ2n) is 12.0. The summed E-state index contributed by atoms with van der Waals surface area (Å²) in [7, 11) is 3.50. The van der Waals surface area contributed by atoms with Gasteiger partial charge in [-0.05, 0) is 18.8 Å². The van der Waals surface area contributed by atoms with Gasteiger partial charge in [-0.25, -0.2) is 0 Å². The Hall–Kier alpha value is -0.240. The lowest BCUT2D eigenvalue weighted by Gasteiger charge is -2.28. The zero-order chi connectivity index (χ0) is 26.2. The fraction of sp³-hybridized carbons (Fsp3) is 0.935. The molecule has 35 heavy (non-hydrogen) atoms. The first kappa shape index (κ1) is 34.8. The van der Waals surface area contributed by atoms with Gasteiger partial charge in [0.2, 0.25) is 0 Å². The maximum Gasteiger partial charge on any atom is 0.373 e. The summed E-state index contributed by atoms with van der Waals surface area (Å²) in [4.78, 5) is 11.6. The molecular formula is C31H63NO2P+. The van der Waals surface area contributed by atoms with Crippen molar-refractivity contribution < 1.29 is 13.9 Å². The molecule has 3 atom stereocenters. The van der Waals surface area contributed by atoms with Crippen LogP contribution in [0.5, 0.6) is 0 Å². The second kappa shape index (κ2) is 24.1. The molecule has 208 valence electrons. The molecule has 0 aromatic heterocycles. The molecule has 0 aliphatic heterocycles. The normalized spacial score (nSPS) is 14.5. The molecule has 0 saturated heterocycles. The van der Waals surface area contributed by atoms with Crippen LogP contribution in [0.3, 0.4) is 0 Å². The van der Waals surface area contributed by atoms with E-state index in [1.54, 1.807) is 0 Å². The van der Waals surface area contributed by atoms with Crippen molar-refractivity contribution in [3.8, 4) is 0 Å². The highest BCUT2D eigenvalue weighted by Gasteiger charge is 2.36. The van der Waals surface area contributed by atoms with E-state index in [0.717, 1.165) is 6.42 Å². The Kier molecular flexibility index (Phi) is 24.0.